The van der Waals surface area contributed by atoms with Crippen LogP contribution in [-0.4, -0.2) is 17.9 Å². The fourth-order valence-electron chi connectivity index (χ4n) is 2.63. The zero-order chi connectivity index (χ0) is 19.1. The van der Waals surface area contributed by atoms with Gasteiger partial charge >= 0.3 is 4.87 Å². The second-order valence-corrected chi connectivity index (χ2v) is 8.25. The van der Waals surface area contributed by atoms with Crippen molar-refractivity contribution in [3.8, 4) is 0 Å². The molecular weight excluding hydrogens is 378 g/mol. The first kappa shape index (κ1) is 18.1. The summed E-state index contributed by atoms with van der Waals surface area (Å²) >= 11 is 1.03. The standard InChI is InChI=1S/C16H15N3O5S2/c1-3-18-13-7-5-11(8-14(13)25-16(18)20)17-26(23,24)15-9-12(19(21)22)6-4-10(15)2/h4-9,17H,3H2,1-2H3. The monoisotopic (exact) mass is 393 g/mol. The highest BCUT2D eigenvalue weighted by molar-refractivity contribution is 7.92. The average molecular weight is 393 g/mol. The van der Waals surface area contributed by atoms with Crippen molar-refractivity contribution in [2.24, 2.45) is 0 Å². The molecule has 1 aromatic heterocycles. The van der Waals surface area contributed by atoms with Gasteiger partial charge in [-0.05, 0) is 37.6 Å². The van der Waals surface area contributed by atoms with Crippen LogP contribution in [0.2, 0.25) is 0 Å². The van der Waals surface area contributed by atoms with Gasteiger partial charge in [0.2, 0.25) is 0 Å². The number of nitrogens with zero attached hydrogens (tertiary/aromatic N) is 2. The van der Waals surface area contributed by atoms with Crippen LogP contribution in [0.1, 0.15) is 12.5 Å². The van der Waals surface area contributed by atoms with Crippen molar-refractivity contribution in [2.45, 2.75) is 25.3 Å². The first-order chi connectivity index (χ1) is 12.2. The Bertz CT molecular complexity index is 1180. The van der Waals surface area contributed by atoms with Gasteiger partial charge in [-0.25, -0.2) is 8.42 Å². The molecule has 0 bridgehead atoms. The van der Waals surface area contributed by atoms with E-state index < -0.39 is 14.9 Å². The van der Waals surface area contributed by atoms with Crippen molar-refractivity contribution < 1.29 is 13.3 Å². The van der Waals surface area contributed by atoms with Gasteiger partial charge in [-0.3, -0.25) is 24.2 Å². The molecule has 0 saturated heterocycles. The van der Waals surface area contributed by atoms with Crippen molar-refractivity contribution in [1.29, 1.82) is 0 Å². The number of aromatic nitrogens is 1. The molecule has 3 rings (SSSR count). The number of thiazole rings is 1. The molecule has 0 saturated carbocycles. The van der Waals surface area contributed by atoms with E-state index in [-0.39, 0.29) is 21.1 Å². The molecule has 1 heterocycles. The molecule has 0 unspecified atom stereocenters. The summed E-state index contributed by atoms with van der Waals surface area (Å²) in [5, 5.41) is 10.9. The Morgan fingerprint density at radius 2 is 1.96 bits per heavy atom. The number of hydrogen-bond donors (Lipinski definition) is 1. The number of sulfonamides is 1. The summed E-state index contributed by atoms with van der Waals surface area (Å²) in [5.41, 5.74) is 1.11. The first-order valence-corrected chi connectivity index (χ1v) is 9.94. The second-order valence-electron chi connectivity index (χ2n) is 5.61. The molecule has 0 aliphatic rings. The normalized spacial score (nSPS) is 11.6. The smallest absolute Gasteiger partial charge is 0.299 e. The Kier molecular flexibility index (Phi) is 4.55. The van der Waals surface area contributed by atoms with Crippen molar-refractivity contribution in [3.05, 3.63) is 61.7 Å². The number of nitro groups is 1. The van der Waals surface area contributed by atoms with Crippen LogP contribution >= 0.6 is 11.3 Å². The number of benzene rings is 2. The van der Waals surface area contributed by atoms with Crippen molar-refractivity contribution in [2.75, 3.05) is 4.72 Å². The lowest BCUT2D eigenvalue weighted by molar-refractivity contribution is -0.385. The second kappa shape index (κ2) is 6.54. The Morgan fingerprint density at radius 3 is 2.62 bits per heavy atom. The van der Waals surface area contributed by atoms with E-state index in [1.54, 1.807) is 29.7 Å². The number of nitrogens with one attached hydrogen (secondary N) is 1. The van der Waals surface area contributed by atoms with Crippen LogP contribution in [0.3, 0.4) is 0 Å². The summed E-state index contributed by atoms with van der Waals surface area (Å²) < 4.78 is 30.0. The zero-order valence-corrected chi connectivity index (χ0v) is 15.6. The maximum Gasteiger partial charge on any atom is 0.308 e. The highest BCUT2D eigenvalue weighted by Gasteiger charge is 2.21. The van der Waals surface area contributed by atoms with Crippen molar-refractivity contribution >= 4 is 43.0 Å². The molecule has 0 amide bonds. The molecule has 0 atom stereocenters. The Morgan fingerprint density at radius 1 is 1.23 bits per heavy atom. The third-order valence-corrected chi connectivity index (χ3v) is 6.37. The van der Waals surface area contributed by atoms with Gasteiger partial charge in [0, 0.05) is 18.7 Å². The maximum atomic E-state index is 12.7. The van der Waals surface area contributed by atoms with Crippen molar-refractivity contribution in [3.63, 3.8) is 0 Å². The number of rotatable bonds is 5. The van der Waals surface area contributed by atoms with Crippen LogP contribution in [0, 0.1) is 17.0 Å². The van der Waals surface area contributed by atoms with Crippen LogP contribution in [0.4, 0.5) is 11.4 Å². The van der Waals surface area contributed by atoms with Gasteiger partial charge < -0.3 is 0 Å². The first-order valence-electron chi connectivity index (χ1n) is 7.64. The van der Waals surface area contributed by atoms with Gasteiger partial charge in [-0.2, -0.15) is 0 Å². The van der Waals surface area contributed by atoms with E-state index in [4.69, 9.17) is 0 Å². The van der Waals surface area contributed by atoms with Crippen LogP contribution < -0.4 is 9.60 Å². The quantitative estimate of drug-likeness (QED) is 0.529. The summed E-state index contributed by atoms with van der Waals surface area (Å²) in [4.78, 5) is 21.9. The van der Waals surface area contributed by atoms with Crippen LogP contribution in [-0.2, 0) is 16.6 Å². The highest BCUT2D eigenvalue weighted by Crippen LogP contribution is 2.26. The molecule has 0 aliphatic carbocycles. The van der Waals surface area contributed by atoms with E-state index >= 15 is 0 Å². The van der Waals surface area contributed by atoms with Crippen LogP contribution in [0.15, 0.2) is 46.1 Å². The molecule has 136 valence electrons. The van der Waals surface area contributed by atoms with E-state index in [0.717, 1.165) is 22.9 Å². The lowest BCUT2D eigenvalue weighted by Crippen LogP contribution is -2.14. The largest absolute Gasteiger partial charge is 0.308 e. The third-order valence-electron chi connectivity index (χ3n) is 3.91. The van der Waals surface area contributed by atoms with E-state index in [1.165, 1.54) is 12.1 Å². The summed E-state index contributed by atoms with van der Waals surface area (Å²) in [6.45, 7) is 3.95. The topological polar surface area (TPSA) is 111 Å². The minimum atomic E-state index is -4.01. The lowest BCUT2D eigenvalue weighted by Gasteiger charge is -2.10. The van der Waals surface area contributed by atoms with E-state index in [2.05, 4.69) is 4.72 Å². The number of fused-ring (bicyclic) bond motifs is 1. The van der Waals surface area contributed by atoms with Gasteiger partial charge in [0.1, 0.15) is 0 Å². The van der Waals surface area contributed by atoms with E-state index in [0.29, 0.717) is 16.8 Å². The number of anilines is 1. The van der Waals surface area contributed by atoms with Crippen LogP contribution in [0.5, 0.6) is 0 Å². The molecule has 1 N–H and O–H groups in total. The van der Waals surface area contributed by atoms with Gasteiger partial charge in [0.05, 0.1) is 25.7 Å². The molecule has 10 heteroatoms. The lowest BCUT2D eigenvalue weighted by atomic mass is 10.2. The zero-order valence-electron chi connectivity index (χ0n) is 13.9. The molecular formula is C16H15N3O5S2. The summed E-state index contributed by atoms with van der Waals surface area (Å²) in [5.74, 6) is 0. The van der Waals surface area contributed by atoms with E-state index in [1.807, 2.05) is 6.92 Å². The average Bonchev–Trinajstić information content (AvgIpc) is 2.88. The number of aryl methyl sites for hydroxylation is 2. The molecule has 26 heavy (non-hydrogen) atoms. The molecule has 2 aromatic carbocycles. The minimum Gasteiger partial charge on any atom is -0.299 e. The maximum absolute atomic E-state index is 12.7. The Balaban J connectivity index is 2.02. The number of nitro benzene ring substituents is 1. The molecule has 0 aliphatic heterocycles. The minimum absolute atomic E-state index is 0.114. The predicted molar refractivity (Wildman–Crippen MR) is 100 cm³/mol. The summed E-state index contributed by atoms with van der Waals surface area (Å²) in [6, 6.07) is 8.49. The SMILES string of the molecule is CCn1c(=O)sc2cc(NS(=O)(=O)c3cc([N+](=O)[O-])ccc3C)ccc21. The Labute approximate surface area is 152 Å². The van der Waals surface area contributed by atoms with E-state index in [9.17, 15) is 23.3 Å². The van der Waals surface area contributed by atoms with Crippen LogP contribution in [0.25, 0.3) is 10.2 Å². The summed E-state index contributed by atoms with van der Waals surface area (Å²) in [7, 11) is -4.01. The van der Waals surface area contributed by atoms with Gasteiger partial charge in [-0.15, -0.1) is 0 Å². The fraction of sp³-hybridized carbons (Fsp3) is 0.188. The predicted octanol–water partition coefficient (Wildman–Crippen LogP) is 3.10. The summed E-state index contributed by atoms with van der Waals surface area (Å²) in [6.07, 6.45) is 0. The van der Waals surface area contributed by atoms with Gasteiger partial charge in [-0.1, -0.05) is 17.4 Å². The van der Waals surface area contributed by atoms with Crippen molar-refractivity contribution in [1.82, 2.24) is 4.57 Å². The fourth-order valence-corrected chi connectivity index (χ4v) is 4.94. The molecule has 8 nitrogen and oxygen atoms in total. The highest BCUT2D eigenvalue weighted by atomic mass is 32.2. The number of non-ortho nitro benzene ring substituents is 1. The molecule has 0 radical (unpaired) electrons. The van der Waals surface area contributed by atoms with Gasteiger partial charge in [0.15, 0.2) is 0 Å². The number of hydrogen-bond acceptors (Lipinski definition) is 6. The third kappa shape index (κ3) is 3.20. The molecule has 3 aromatic rings. The molecule has 0 spiro atoms. The Hall–Kier alpha value is -2.72. The van der Waals surface area contributed by atoms with Gasteiger partial charge in [0.25, 0.3) is 15.7 Å². The molecule has 0 fully saturated rings.